The van der Waals surface area contributed by atoms with E-state index in [1.54, 1.807) is 0 Å². The monoisotopic (exact) mass is 199 g/mol. The molecule has 1 aliphatic rings. The van der Waals surface area contributed by atoms with E-state index >= 15 is 0 Å². The molecule has 1 rings (SSSR count). The summed E-state index contributed by atoms with van der Waals surface area (Å²) in [6.45, 7) is 6.36. The molecule has 2 atom stereocenters. The maximum Gasteiger partial charge on any atom is 0.323 e. The van der Waals surface area contributed by atoms with Crippen molar-refractivity contribution >= 4 is 5.97 Å². The van der Waals surface area contributed by atoms with Gasteiger partial charge >= 0.3 is 5.97 Å². The van der Waals surface area contributed by atoms with Gasteiger partial charge in [0.1, 0.15) is 6.04 Å². The molecule has 0 amide bonds. The first-order valence-electron chi connectivity index (χ1n) is 5.51. The van der Waals surface area contributed by atoms with Gasteiger partial charge in [-0.1, -0.05) is 13.8 Å². The van der Waals surface area contributed by atoms with Gasteiger partial charge in [-0.25, -0.2) is 0 Å². The van der Waals surface area contributed by atoms with Gasteiger partial charge in [-0.3, -0.25) is 9.69 Å². The largest absolute Gasteiger partial charge is 0.468 e. The smallest absolute Gasteiger partial charge is 0.323 e. The molecule has 1 heterocycles. The summed E-state index contributed by atoms with van der Waals surface area (Å²) < 4.78 is 4.81. The lowest BCUT2D eigenvalue weighted by molar-refractivity contribution is -0.147. The Hall–Kier alpha value is -0.570. The SMILES string of the molecule is CC[C@H](C(=O)OC)N1CCC[C@@H](C)C1. The topological polar surface area (TPSA) is 29.5 Å². The third kappa shape index (κ3) is 2.71. The molecule has 0 aromatic rings. The van der Waals surface area contributed by atoms with E-state index in [4.69, 9.17) is 4.74 Å². The minimum absolute atomic E-state index is 0.0252. The van der Waals surface area contributed by atoms with E-state index in [2.05, 4.69) is 11.8 Å². The average molecular weight is 199 g/mol. The maximum atomic E-state index is 11.5. The quantitative estimate of drug-likeness (QED) is 0.648. The molecule has 1 fully saturated rings. The molecule has 0 aromatic carbocycles. The summed E-state index contributed by atoms with van der Waals surface area (Å²) in [5.41, 5.74) is 0. The minimum atomic E-state index is -0.0819. The normalized spacial score (nSPS) is 25.8. The fourth-order valence-corrected chi connectivity index (χ4v) is 2.22. The van der Waals surface area contributed by atoms with Crippen LogP contribution in [-0.4, -0.2) is 37.1 Å². The summed E-state index contributed by atoms with van der Waals surface area (Å²) in [7, 11) is 1.47. The molecule has 82 valence electrons. The number of hydrogen-bond donors (Lipinski definition) is 0. The van der Waals surface area contributed by atoms with Crippen molar-refractivity contribution in [2.24, 2.45) is 5.92 Å². The van der Waals surface area contributed by atoms with Gasteiger partial charge in [0, 0.05) is 6.54 Å². The molecule has 0 unspecified atom stereocenters. The van der Waals surface area contributed by atoms with Crippen molar-refractivity contribution in [2.75, 3.05) is 20.2 Å². The minimum Gasteiger partial charge on any atom is -0.468 e. The van der Waals surface area contributed by atoms with Gasteiger partial charge in [0.25, 0.3) is 0 Å². The zero-order chi connectivity index (χ0) is 10.6. The van der Waals surface area contributed by atoms with E-state index in [1.165, 1.54) is 20.0 Å². The third-order valence-electron chi connectivity index (χ3n) is 2.99. The number of likely N-dealkylation sites (tertiary alicyclic amines) is 1. The molecule has 0 N–H and O–H groups in total. The summed E-state index contributed by atoms with van der Waals surface area (Å²) in [6, 6.07) is -0.0252. The zero-order valence-electron chi connectivity index (χ0n) is 9.45. The van der Waals surface area contributed by atoms with Crippen molar-refractivity contribution in [1.82, 2.24) is 4.90 Å². The average Bonchev–Trinajstić information content (AvgIpc) is 2.19. The number of methoxy groups -OCH3 is 1. The van der Waals surface area contributed by atoms with E-state index in [-0.39, 0.29) is 12.0 Å². The molecular formula is C11H21NO2. The fraction of sp³-hybridized carbons (Fsp3) is 0.909. The van der Waals surface area contributed by atoms with Gasteiger partial charge in [-0.05, 0) is 31.7 Å². The number of carbonyl (C=O) groups is 1. The summed E-state index contributed by atoms with van der Waals surface area (Å²) in [5, 5.41) is 0. The summed E-state index contributed by atoms with van der Waals surface area (Å²) in [4.78, 5) is 13.7. The fourth-order valence-electron chi connectivity index (χ4n) is 2.22. The van der Waals surface area contributed by atoms with Crippen LogP contribution in [0.4, 0.5) is 0 Å². The Morgan fingerprint density at radius 1 is 1.64 bits per heavy atom. The van der Waals surface area contributed by atoms with Crippen LogP contribution in [0.15, 0.2) is 0 Å². The molecule has 0 spiro atoms. The van der Waals surface area contributed by atoms with Crippen LogP contribution >= 0.6 is 0 Å². The van der Waals surface area contributed by atoms with Crippen molar-refractivity contribution < 1.29 is 9.53 Å². The highest BCUT2D eigenvalue weighted by Crippen LogP contribution is 2.19. The van der Waals surface area contributed by atoms with E-state index in [0.717, 1.165) is 19.5 Å². The second kappa shape index (κ2) is 5.35. The standard InChI is InChI=1S/C11H21NO2/c1-4-10(11(13)14-3)12-7-5-6-9(2)8-12/h9-10H,4-8H2,1-3H3/t9-,10-/m1/s1. The molecule has 0 aromatic heterocycles. The van der Waals surface area contributed by atoms with Gasteiger partial charge in [0.2, 0.25) is 0 Å². The molecule has 0 radical (unpaired) electrons. The van der Waals surface area contributed by atoms with Crippen molar-refractivity contribution in [3.05, 3.63) is 0 Å². The van der Waals surface area contributed by atoms with Gasteiger partial charge in [0.05, 0.1) is 7.11 Å². The zero-order valence-corrected chi connectivity index (χ0v) is 9.45. The molecule has 1 saturated heterocycles. The first kappa shape index (κ1) is 11.5. The Balaban J connectivity index is 2.54. The number of nitrogens with zero attached hydrogens (tertiary/aromatic N) is 1. The summed E-state index contributed by atoms with van der Waals surface area (Å²) in [6.07, 6.45) is 3.34. The molecule has 0 aliphatic carbocycles. The lowest BCUT2D eigenvalue weighted by Gasteiger charge is -2.35. The van der Waals surface area contributed by atoms with Crippen LogP contribution in [0.2, 0.25) is 0 Å². The van der Waals surface area contributed by atoms with Crippen molar-refractivity contribution in [2.45, 2.75) is 39.2 Å². The highest BCUT2D eigenvalue weighted by Gasteiger charge is 2.28. The Morgan fingerprint density at radius 3 is 2.86 bits per heavy atom. The Labute approximate surface area is 86.4 Å². The number of rotatable bonds is 3. The molecule has 1 aliphatic heterocycles. The van der Waals surface area contributed by atoms with Gasteiger partial charge in [-0.2, -0.15) is 0 Å². The van der Waals surface area contributed by atoms with Crippen molar-refractivity contribution in [3.63, 3.8) is 0 Å². The number of ether oxygens (including phenoxy) is 1. The third-order valence-corrected chi connectivity index (χ3v) is 2.99. The summed E-state index contributed by atoms with van der Waals surface area (Å²) in [5.74, 6) is 0.629. The van der Waals surface area contributed by atoms with Gasteiger partial charge in [0.15, 0.2) is 0 Å². The molecule has 0 saturated carbocycles. The summed E-state index contributed by atoms with van der Waals surface area (Å²) >= 11 is 0. The van der Waals surface area contributed by atoms with E-state index in [9.17, 15) is 4.79 Å². The van der Waals surface area contributed by atoms with Crippen LogP contribution in [0.5, 0.6) is 0 Å². The van der Waals surface area contributed by atoms with Crippen LogP contribution in [0.1, 0.15) is 33.1 Å². The molecule has 3 nitrogen and oxygen atoms in total. The van der Waals surface area contributed by atoms with Gasteiger partial charge < -0.3 is 4.74 Å². The first-order chi connectivity index (χ1) is 6.69. The maximum absolute atomic E-state index is 11.5. The van der Waals surface area contributed by atoms with Crippen LogP contribution in [0.25, 0.3) is 0 Å². The van der Waals surface area contributed by atoms with Crippen LogP contribution in [0.3, 0.4) is 0 Å². The van der Waals surface area contributed by atoms with Crippen molar-refractivity contribution in [3.8, 4) is 0 Å². The predicted molar refractivity (Wildman–Crippen MR) is 56.1 cm³/mol. The Kier molecular flexibility index (Phi) is 4.39. The molecule has 3 heteroatoms. The molecule has 0 bridgehead atoms. The molecular weight excluding hydrogens is 178 g/mol. The second-order valence-corrected chi connectivity index (χ2v) is 4.19. The van der Waals surface area contributed by atoms with Crippen LogP contribution in [-0.2, 0) is 9.53 Å². The number of hydrogen-bond acceptors (Lipinski definition) is 3. The van der Waals surface area contributed by atoms with Crippen LogP contribution < -0.4 is 0 Å². The highest BCUT2D eigenvalue weighted by molar-refractivity contribution is 5.75. The highest BCUT2D eigenvalue weighted by atomic mass is 16.5. The lowest BCUT2D eigenvalue weighted by Crippen LogP contribution is -2.46. The second-order valence-electron chi connectivity index (χ2n) is 4.19. The van der Waals surface area contributed by atoms with E-state index < -0.39 is 0 Å². The number of piperidine rings is 1. The Morgan fingerprint density at radius 2 is 2.36 bits per heavy atom. The molecule has 14 heavy (non-hydrogen) atoms. The van der Waals surface area contributed by atoms with Crippen molar-refractivity contribution in [1.29, 1.82) is 0 Å². The van der Waals surface area contributed by atoms with E-state index in [1.807, 2.05) is 6.92 Å². The van der Waals surface area contributed by atoms with E-state index in [0.29, 0.717) is 5.92 Å². The van der Waals surface area contributed by atoms with Crippen LogP contribution in [0, 0.1) is 5.92 Å². The first-order valence-corrected chi connectivity index (χ1v) is 5.51. The number of esters is 1. The lowest BCUT2D eigenvalue weighted by atomic mass is 9.98. The predicted octanol–water partition coefficient (Wildman–Crippen LogP) is 1.67. The van der Waals surface area contributed by atoms with Gasteiger partial charge in [-0.15, -0.1) is 0 Å². The number of carbonyl (C=O) groups excluding carboxylic acids is 1. The Bertz CT molecular complexity index is 194.